The zero-order valence-electron chi connectivity index (χ0n) is 14.3. The molecular weight excluding hydrogens is 405 g/mol. The number of halogens is 2. The number of aryl methyl sites for hydroxylation is 1. The van der Waals surface area contributed by atoms with Crippen molar-refractivity contribution in [3.8, 4) is 5.69 Å². The van der Waals surface area contributed by atoms with Gasteiger partial charge < -0.3 is 0 Å². The number of nitrogens with zero attached hydrogens (tertiary/aromatic N) is 4. The fraction of sp³-hybridized carbons (Fsp3) is 0.111. The normalized spacial score (nSPS) is 11.1. The van der Waals surface area contributed by atoms with Gasteiger partial charge in [-0.15, -0.1) is 10.2 Å². The summed E-state index contributed by atoms with van der Waals surface area (Å²) in [6.07, 6.45) is 1.45. The maximum atomic E-state index is 12.1. The quantitative estimate of drug-likeness (QED) is 0.370. The molecule has 0 atom stereocenters. The summed E-state index contributed by atoms with van der Waals surface area (Å²) in [7, 11) is 0. The van der Waals surface area contributed by atoms with Crippen molar-refractivity contribution in [3.63, 3.8) is 0 Å². The van der Waals surface area contributed by atoms with E-state index in [0.717, 1.165) is 11.5 Å². The second kappa shape index (κ2) is 9.03. The van der Waals surface area contributed by atoms with Crippen molar-refractivity contribution in [2.45, 2.75) is 12.1 Å². The van der Waals surface area contributed by atoms with Crippen LogP contribution in [0.2, 0.25) is 10.0 Å². The van der Waals surface area contributed by atoms with E-state index in [1.165, 1.54) is 18.0 Å². The summed E-state index contributed by atoms with van der Waals surface area (Å²) in [6.45, 7) is 1.86. The summed E-state index contributed by atoms with van der Waals surface area (Å²) in [5.74, 6) is 0.623. The van der Waals surface area contributed by atoms with Crippen LogP contribution in [-0.4, -0.2) is 32.6 Å². The Balaban J connectivity index is 1.60. The van der Waals surface area contributed by atoms with E-state index in [1.807, 2.05) is 41.8 Å². The van der Waals surface area contributed by atoms with Crippen molar-refractivity contribution in [2.75, 3.05) is 5.75 Å². The number of hydrazone groups is 1. The molecule has 2 aromatic carbocycles. The molecule has 0 spiro atoms. The highest BCUT2D eigenvalue weighted by atomic mass is 35.5. The van der Waals surface area contributed by atoms with Crippen molar-refractivity contribution in [2.24, 2.45) is 5.10 Å². The summed E-state index contributed by atoms with van der Waals surface area (Å²) in [6, 6.07) is 14.9. The van der Waals surface area contributed by atoms with Crippen LogP contribution in [0.15, 0.2) is 58.8 Å². The summed E-state index contributed by atoms with van der Waals surface area (Å²) in [4.78, 5) is 12.1. The molecule has 0 unspecified atom stereocenters. The summed E-state index contributed by atoms with van der Waals surface area (Å²) in [5, 5.41) is 13.6. The second-order valence-corrected chi connectivity index (χ2v) is 7.15. The molecule has 6 nitrogen and oxygen atoms in total. The number of carbonyl (C=O) groups excluding carboxylic acids is 1. The SMILES string of the molecule is Cc1nnc(SCC(=O)N/N=C/c2cccc(Cl)c2Cl)n1-c1ccccc1. The summed E-state index contributed by atoms with van der Waals surface area (Å²) in [5.41, 5.74) is 4.03. The monoisotopic (exact) mass is 419 g/mol. The first-order chi connectivity index (χ1) is 13.1. The molecule has 1 aromatic heterocycles. The summed E-state index contributed by atoms with van der Waals surface area (Å²) >= 11 is 13.3. The Bertz CT molecular complexity index is 975. The summed E-state index contributed by atoms with van der Waals surface area (Å²) < 4.78 is 1.90. The molecule has 1 heterocycles. The van der Waals surface area contributed by atoms with Crippen molar-refractivity contribution >= 4 is 47.1 Å². The minimum Gasteiger partial charge on any atom is -0.274 e. The minimum atomic E-state index is -0.269. The smallest absolute Gasteiger partial charge is 0.250 e. The lowest BCUT2D eigenvalue weighted by atomic mass is 10.2. The lowest BCUT2D eigenvalue weighted by Crippen LogP contribution is -2.20. The molecule has 0 aliphatic rings. The van der Waals surface area contributed by atoms with Gasteiger partial charge in [-0.2, -0.15) is 5.10 Å². The van der Waals surface area contributed by atoms with E-state index < -0.39 is 0 Å². The van der Waals surface area contributed by atoms with Crippen LogP contribution in [0.1, 0.15) is 11.4 Å². The number of thioether (sulfide) groups is 1. The van der Waals surface area contributed by atoms with Gasteiger partial charge in [0, 0.05) is 11.3 Å². The van der Waals surface area contributed by atoms with Crippen LogP contribution in [0, 0.1) is 6.92 Å². The van der Waals surface area contributed by atoms with Crippen LogP contribution in [0.4, 0.5) is 0 Å². The van der Waals surface area contributed by atoms with Gasteiger partial charge in [0.15, 0.2) is 5.16 Å². The van der Waals surface area contributed by atoms with Gasteiger partial charge in [-0.1, -0.05) is 65.3 Å². The zero-order chi connectivity index (χ0) is 19.2. The van der Waals surface area contributed by atoms with Crippen LogP contribution in [0.3, 0.4) is 0 Å². The van der Waals surface area contributed by atoms with Crippen molar-refractivity contribution in [3.05, 3.63) is 70.0 Å². The number of para-hydroxylation sites is 1. The van der Waals surface area contributed by atoms with Crippen molar-refractivity contribution in [1.29, 1.82) is 0 Å². The highest BCUT2D eigenvalue weighted by Gasteiger charge is 2.13. The number of aromatic nitrogens is 3. The molecule has 0 aliphatic carbocycles. The van der Waals surface area contributed by atoms with Gasteiger partial charge in [0.25, 0.3) is 5.91 Å². The van der Waals surface area contributed by atoms with Gasteiger partial charge in [0.2, 0.25) is 0 Å². The molecule has 27 heavy (non-hydrogen) atoms. The Kier molecular flexibility index (Phi) is 6.49. The van der Waals surface area contributed by atoms with Gasteiger partial charge in [0.05, 0.1) is 22.0 Å². The molecule has 3 rings (SSSR count). The van der Waals surface area contributed by atoms with E-state index in [9.17, 15) is 4.79 Å². The maximum Gasteiger partial charge on any atom is 0.250 e. The number of rotatable bonds is 6. The predicted octanol–water partition coefficient (Wildman–Crippen LogP) is 4.12. The first kappa shape index (κ1) is 19.4. The second-order valence-electron chi connectivity index (χ2n) is 5.43. The van der Waals surface area contributed by atoms with Crippen LogP contribution < -0.4 is 5.43 Å². The average Bonchev–Trinajstić information content (AvgIpc) is 3.04. The molecule has 9 heteroatoms. The lowest BCUT2D eigenvalue weighted by Gasteiger charge is -2.07. The number of nitrogens with one attached hydrogen (secondary N) is 1. The number of amides is 1. The van der Waals surface area contributed by atoms with Crippen LogP contribution in [-0.2, 0) is 4.79 Å². The van der Waals surface area contributed by atoms with Crippen LogP contribution in [0.25, 0.3) is 5.69 Å². The van der Waals surface area contributed by atoms with E-state index in [2.05, 4.69) is 20.7 Å². The van der Waals surface area contributed by atoms with E-state index >= 15 is 0 Å². The van der Waals surface area contributed by atoms with Gasteiger partial charge >= 0.3 is 0 Å². The molecule has 1 N–H and O–H groups in total. The molecule has 0 saturated heterocycles. The van der Waals surface area contributed by atoms with Gasteiger partial charge in [-0.25, -0.2) is 5.43 Å². The van der Waals surface area contributed by atoms with Crippen molar-refractivity contribution in [1.82, 2.24) is 20.2 Å². The van der Waals surface area contributed by atoms with E-state index in [0.29, 0.717) is 20.8 Å². The molecule has 0 bridgehead atoms. The molecule has 0 saturated carbocycles. The highest BCUT2D eigenvalue weighted by molar-refractivity contribution is 7.99. The number of hydrogen-bond donors (Lipinski definition) is 1. The minimum absolute atomic E-state index is 0.144. The predicted molar refractivity (Wildman–Crippen MR) is 109 cm³/mol. The standard InChI is InChI=1S/C18H15Cl2N5OS/c1-12-22-24-18(25(12)14-7-3-2-4-8-14)27-11-16(26)23-21-10-13-6-5-9-15(19)17(13)20/h2-10H,11H2,1H3,(H,23,26)/b21-10+. The van der Waals surface area contributed by atoms with Gasteiger partial charge in [-0.05, 0) is 25.1 Å². The Labute approximate surface area is 170 Å². The fourth-order valence-corrected chi connectivity index (χ4v) is 3.41. The molecule has 1 amide bonds. The Morgan fingerprint density at radius 1 is 1.19 bits per heavy atom. The Hall–Kier alpha value is -2.35. The fourth-order valence-electron chi connectivity index (χ4n) is 2.27. The Morgan fingerprint density at radius 3 is 2.74 bits per heavy atom. The van der Waals surface area contributed by atoms with Crippen LogP contribution in [0.5, 0.6) is 0 Å². The maximum absolute atomic E-state index is 12.1. The third-order valence-electron chi connectivity index (χ3n) is 3.52. The van der Waals surface area contributed by atoms with E-state index in [1.54, 1.807) is 18.2 Å². The number of hydrogen-bond acceptors (Lipinski definition) is 5. The van der Waals surface area contributed by atoms with Gasteiger partial charge in [0.1, 0.15) is 5.82 Å². The highest BCUT2D eigenvalue weighted by Crippen LogP contribution is 2.24. The Morgan fingerprint density at radius 2 is 1.96 bits per heavy atom. The first-order valence-electron chi connectivity index (χ1n) is 7.92. The third kappa shape index (κ3) is 4.88. The largest absolute Gasteiger partial charge is 0.274 e. The molecular formula is C18H15Cl2N5OS. The molecule has 0 fully saturated rings. The first-order valence-corrected chi connectivity index (χ1v) is 9.66. The number of carbonyl (C=O) groups is 1. The molecule has 3 aromatic rings. The van der Waals surface area contributed by atoms with Crippen molar-refractivity contribution < 1.29 is 4.79 Å². The topological polar surface area (TPSA) is 72.2 Å². The molecule has 0 aliphatic heterocycles. The molecule has 0 radical (unpaired) electrons. The molecule has 138 valence electrons. The number of benzene rings is 2. The van der Waals surface area contributed by atoms with Crippen LogP contribution >= 0.6 is 35.0 Å². The lowest BCUT2D eigenvalue weighted by molar-refractivity contribution is -0.118. The van der Waals surface area contributed by atoms with E-state index in [-0.39, 0.29) is 11.7 Å². The van der Waals surface area contributed by atoms with E-state index in [4.69, 9.17) is 23.2 Å². The van der Waals surface area contributed by atoms with Gasteiger partial charge in [-0.3, -0.25) is 9.36 Å². The average molecular weight is 420 g/mol. The zero-order valence-corrected chi connectivity index (χ0v) is 16.6. The third-order valence-corrected chi connectivity index (χ3v) is 5.28.